The van der Waals surface area contributed by atoms with Gasteiger partial charge in [0, 0.05) is 13.5 Å². The third kappa shape index (κ3) is 8.46. The quantitative estimate of drug-likeness (QED) is 0.351. The average Bonchev–Trinajstić information content (AvgIpc) is 2.61. The Morgan fingerprint density at radius 2 is 1.88 bits per heavy atom. The molecular weight excluding hydrogens is 342 g/mol. The fourth-order valence-corrected chi connectivity index (χ4v) is 2.09. The number of thiocarbonyl (C=S) groups is 1. The Hall–Kier alpha value is -2.19. The van der Waals surface area contributed by atoms with Crippen LogP contribution in [-0.4, -0.2) is 37.3 Å². The fourth-order valence-electron chi connectivity index (χ4n) is 1.94. The van der Waals surface area contributed by atoms with Gasteiger partial charge in [0.1, 0.15) is 12.4 Å². The third-order valence-electron chi connectivity index (χ3n) is 3.23. The molecule has 138 valence electrons. The number of amides is 2. The number of hydrazine groups is 1. The molecule has 0 fully saturated rings. The van der Waals surface area contributed by atoms with E-state index < -0.39 is 5.91 Å². The van der Waals surface area contributed by atoms with Gasteiger partial charge in [0.2, 0.25) is 5.91 Å². The standard InChI is InChI=1S/C17H25N3O4S/c1-3-4-5-10-15(21)19-20-17(25)18-16(22)13-8-6-7-9-14(13)24-12-11-23-2/h6-9H,3-5,10-12H2,1-2H3,(H,19,21)(H2,18,20,22,25). The van der Waals surface area contributed by atoms with Crippen LogP contribution in [-0.2, 0) is 9.53 Å². The van der Waals surface area contributed by atoms with Crippen LogP contribution in [0.25, 0.3) is 0 Å². The first-order valence-corrected chi connectivity index (χ1v) is 8.60. The maximum absolute atomic E-state index is 12.3. The van der Waals surface area contributed by atoms with Gasteiger partial charge < -0.3 is 9.47 Å². The second-order valence-corrected chi connectivity index (χ2v) is 5.66. The van der Waals surface area contributed by atoms with Crippen molar-refractivity contribution in [1.29, 1.82) is 0 Å². The fraction of sp³-hybridized carbons (Fsp3) is 0.471. The molecule has 0 aliphatic carbocycles. The molecule has 25 heavy (non-hydrogen) atoms. The van der Waals surface area contributed by atoms with E-state index in [0.29, 0.717) is 30.9 Å². The molecule has 1 aromatic rings. The van der Waals surface area contributed by atoms with Crippen molar-refractivity contribution >= 4 is 29.1 Å². The predicted molar refractivity (Wildman–Crippen MR) is 99.3 cm³/mol. The highest BCUT2D eigenvalue weighted by molar-refractivity contribution is 7.80. The lowest BCUT2D eigenvalue weighted by Gasteiger charge is -2.13. The molecule has 0 saturated carbocycles. The summed E-state index contributed by atoms with van der Waals surface area (Å²) in [6.45, 7) is 2.81. The van der Waals surface area contributed by atoms with Crippen LogP contribution in [0, 0.1) is 0 Å². The summed E-state index contributed by atoms with van der Waals surface area (Å²) in [5.74, 6) is -0.164. The minimum atomic E-state index is -0.425. The Bertz CT molecular complexity index is 581. The van der Waals surface area contributed by atoms with Gasteiger partial charge in [0.05, 0.1) is 12.2 Å². The van der Waals surface area contributed by atoms with E-state index in [1.165, 1.54) is 0 Å². The van der Waals surface area contributed by atoms with E-state index in [2.05, 4.69) is 23.1 Å². The molecule has 0 radical (unpaired) electrons. The van der Waals surface area contributed by atoms with Crippen molar-refractivity contribution in [3.8, 4) is 5.75 Å². The second-order valence-electron chi connectivity index (χ2n) is 5.25. The number of methoxy groups -OCH3 is 1. The van der Waals surface area contributed by atoms with Crippen LogP contribution in [0.4, 0.5) is 0 Å². The minimum absolute atomic E-state index is 0.0144. The lowest BCUT2D eigenvalue weighted by Crippen LogP contribution is -2.48. The number of carbonyl (C=O) groups is 2. The molecule has 0 aliphatic heterocycles. The van der Waals surface area contributed by atoms with E-state index in [1.54, 1.807) is 31.4 Å². The van der Waals surface area contributed by atoms with Crippen LogP contribution in [0.5, 0.6) is 5.75 Å². The summed E-state index contributed by atoms with van der Waals surface area (Å²) >= 11 is 5.01. The van der Waals surface area contributed by atoms with Gasteiger partial charge in [-0.2, -0.15) is 0 Å². The normalized spacial score (nSPS) is 10.0. The molecule has 0 unspecified atom stereocenters. The van der Waals surface area contributed by atoms with Gasteiger partial charge in [0.15, 0.2) is 5.11 Å². The topological polar surface area (TPSA) is 88.7 Å². The van der Waals surface area contributed by atoms with Crippen molar-refractivity contribution in [1.82, 2.24) is 16.2 Å². The van der Waals surface area contributed by atoms with E-state index in [9.17, 15) is 9.59 Å². The molecule has 1 aromatic carbocycles. The second kappa shape index (κ2) is 12.2. The summed E-state index contributed by atoms with van der Waals surface area (Å²) in [7, 11) is 1.57. The largest absolute Gasteiger partial charge is 0.490 e. The SMILES string of the molecule is CCCCCC(=O)NNC(=S)NC(=O)c1ccccc1OCCOC. The highest BCUT2D eigenvalue weighted by Crippen LogP contribution is 2.17. The van der Waals surface area contributed by atoms with Crippen LogP contribution in [0.2, 0.25) is 0 Å². The Labute approximate surface area is 153 Å². The summed E-state index contributed by atoms with van der Waals surface area (Å²) in [5, 5.41) is 2.52. The summed E-state index contributed by atoms with van der Waals surface area (Å²) in [4.78, 5) is 23.9. The van der Waals surface area contributed by atoms with Crippen molar-refractivity contribution in [2.45, 2.75) is 32.6 Å². The number of rotatable bonds is 9. The van der Waals surface area contributed by atoms with Crippen molar-refractivity contribution < 1.29 is 19.1 Å². The van der Waals surface area contributed by atoms with Crippen LogP contribution >= 0.6 is 12.2 Å². The molecule has 8 heteroatoms. The van der Waals surface area contributed by atoms with Gasteiger partial charge in [-0.1, -0.05) is 31.9 Å². The van der Waals surface area contributed by atoms with Gasteiger partial charge in [-0.3, -0.25) is 25.8 Å². The lowest BCUT2D eigenvalue weighted by molar-refractivity contribution is -0.121. The number of hydrogen-bond acceptors (Lipinski definition) is 5. The molecule has 1 rings (SSSR count). The number of ether oxygens (including phenoxy) is 2. The van der Waals surface area contributed by atoms with E-state index in [4.69, 9.17) is 21.7 Å². The number of para-hydroxylation sites is 1. The number of carbonyl (C=O) groups excluding carboxylic acids is 2. The van der Waals surface area contributed by atoms with Crippen molar-refractivity contribution in [2.24, 2.45) is 0 Å². The highest BCUT2D eigenvalue weighted by Gasteiger charge is 2.13. The highest BCUT2D eigenvalue weighted by atomic mass is 32.1. The smallest absolute Gasteiger partial charge is 0.261 e. The molecule has 0 heterocycles. The number of benzene rings is 1. The average molecular weight is 367 g/mol. The first-order chi connectivity index (χ1) is 12.1. The van der Waals surface area contributed by atoms with Gasteiger partial charge in [0.25, 0.3) is 5.91 Å². The maximum Gasteiger partial charge on any atom is 0.261 e. The zero-order valence-electron chi connectivity index (χ0n) is 14.6. The Balaban J connectivity index is 2.47. The predicted octanol–water partition coefficient (Wildman–Crippen LogP) is 1.93. The maximum atomic E-state index is 12.3. The summed E-state index contributed by atoms with van der Waals surface area (Å²) < 4.78 is 10.4. The van der Waals surface area contributed by atoms with Crippen molar-refractivity contribution in [3.05, 3.63) is 29.8 Å². The Morgan fingerprint density at radius 3 is 2.60 bits per heavy atom. The van der Waals surface area contributed by atoms with Crippen LogP contribution < -0.4 is 20.9 Å². The summed E-state index contributed by atoms with van der Waals surface area (Å²) in [6, 6.07) is 6.82. The molecule has 0 atom stereocenters. The van der Waals surface area contributed by atoms with Crippen LogP contribution in [0.1, 0.15) is 43.0 Å². The third-order valence-corrected chi connectivity index (χ3v) is 3.43. The molecule has 0 aromatic heterocycles. The van der Waals surface area contributed by atoms with Crippen molar-refractivity contribution in [2.75, 3.05) is 20.3 Å². The van der Waals surface area contributed by atoms with Gasteiger partial charge in [-0.25, -0.2) is 0 Å². The molecule has 0 aliphatic rings. The molecule has 7 nitrogen and oxygen atoms in total. The van der Waals surface area contributed by atoms with Gasteiger partial charge in [-0.15, -0.1) is 0 Å². The zero-order chi connectivity index (χ0) is 18.5. The zero-order valence-corrected chi connectivity index (χ0v) is 15.4. The van der Waals surface area contributed by atoms with E-state index in [-0.39, 0.29) is 11.0 Å². The monoisotopic (exact) mass is 367 g/mol. The van der Waals surface area contributed by atoms with Gasteiger partial charge >= 0.3 is 0 Å². The molecule has 0 saturated heterocycles. The Morgan fingerprint density at radius 1 is 1.12 bits per heavy atom. The molecule has 2 amide bonds. The number of nitrogens with one attached hydrogen (secondary N) is 3. The molecule has 0 bridgehead atoms. The molecule has 0 spiro atoms. The minimum Gasteiger partial charge on any atom is -0.490 e. The van der Waals surface area contributed by atoms with Crippen LogP contribution in [0.3, 0.4) is 0 Å². The van der Waals surface area contributed by atoms with E-state index in [1.807, 2.05) is 0 Å². The lowest BCUT2D eigenvalue weighted by atomic mass is 10.2. The number of unbranched alkanes of at least 4 members (excludes halogenated alkanes) is 2. The first kappa shape index (κ1) is 20.9. The van der Waals surface area contributed by atoms with Crippen molar-refractivity contribution in [3.63, 3.8) is 0 Å². The summed E-state index contributed by atoms with van der Waals surface area (Å²) in [5.41, 5.74) is 5.33. The van der Waals surface area contributed by atoms with E-state index in [0.717, 1.165) is 19.3 Å². The number of hydrogen-bond donors (Lipinski definition) is 3. The van der Waals surface area contributed by atoms with Gasteiger partial charge in [-0.05, 0) is 30.8 Å². The van der Waals surface area contributed by atoms with Crippen LogP contribution in [0.15, 0.2) is 24.3 Å². The summed E-state index contributed by atoms with van der Waals surface area (Å²) in [6.07, 6.45) is 3.26. The molecule has 3 N–H and O–H groups in total. The first-order valence-electron chi connectivity index (χ1n) is 8.19. The van der Waals surface area contributed by atoms with E-state index >= 15 is 0 Å². The molecular formula is C17H25N3O4S. The Kier molecular flexibility index (Phi) is 10.2.